The molecule has 5 rings (SSSR count). The summed E-state index contributed by atoms with van der Waals surface area (Å²) in [5.41, 5.74) is 2.73. The number of aryl methyl sites for hydroxylation is 1. The van der Waals surface area contributed by atoms with Gasteiger partial charge in [-0.1, -0.05) is 97.6 Å². The summed E-state index contributed by atoms with van der Waals surface area (Å²) in [7, 11) is -1.38. The Bertz CT molecular complexity index is 1790. The molecule has 0 unspecified atom stereocenters. The average molecular weight is 684 g/mol. The number of ether oxygens (including phenoxy) is 2. The van der Waals surface area contributed by atoms with Gasteiger partial charge in [-0.15, -0.1) is 0 Å². The molecule has 9 nitrogen and oxygen atoms in total. The minimum Gasteiger partial charge on any atom is -0.497 e. The molecule has 0 aromatic heterocycles. The second kappa shape index (κ2) is 16.5. The van der Waals surface area contributed by atoms with Crippen molar-refractivity contribution in [2.24, 2.45) is 0 Å². The van der Waals surface area contributed by atoms with Gasteiger partial charge in [0.2, 0.25) is 11.8 Å². The van der Waals surface area contributed by atoms with Gasteiger partial charge in [0.05, 0.1) is 24.8 Å². The topological polar surface area (TPSA) is 105 Å². The van der Waals surface area contributed by atoms with Crippen molar-refractivity contribution in [1.29, 1.82) is 0 Å². The van der Waals surface area contributed by atoms with E-state index in [9.17, 15) is 18.0 Å². The molecule has 0 heterocycles. The maximum atomic E-state index is 14.8. The van der Waals surface area contributed by atoms with Crippen LogP contribution in [0.15, 0.2) is 108 Å². The molecule has 1 aliphatic carbocycles. The van der Waals surface area contributed by atoms with Crippen LogP contribution in [0.3, 0.4) is 0 Å². The van der Waals surface area contributed by atoms with Gasteiger partial charge in [0.1, 0.15) is 24.1 Å². The van der Waals surface area contributed by atoms with Crippen LogP contribution in [0, 0.1) is 6.92 Å². The van der Waals surface area contributed by atoms with Crippen LogP contribution in [-0.2, 0) is 32.6 Å². The van der Waals surface area contributed by atoms with Gasteiger partial charge in [-0.25, -0.2) is 8.42 Å². The zero-order valence-corrected chi connectivity index (χ0v) is 29.2. The Morgan fingerprint density at radius 3 is 2.06 bits per heavy atom. The number of carbonyl (C=O) groups is 2. The third kappa shape index (κ3) is 9.00. The Morgan fingerprint density at radius 1 is 0.816 bits per heavy atom. The molecule has 4 aromatic rings. The van der Waals surface area contributed by atoms with Gasteiger partial charge < -0.3 is 19.7 Å². The fraction of sp³-hybridized carbons (Fsp3) is 0.333. The number of hydrogen-bond acceptors (Lipinski definition) is 6. The third-order valence-corrected chi connectivity index (χ3v) is 10.7. The number of rotatable bonds is 14. The van der Waals surface area contributed by atoms with E-state index >= 15 is 0 Å². The van der Waals surface area contributed by atoms with Gasteiger partial charge in [-0.3, -0.25) is 13.9 Å². The van der Waals surface area contributed by atoms with E-state index in [1.54, 1.807) is 24.3 Å². The lowest BCUT2D eigenvalue weighted by molar-refractivity contribution is -0.140. The summed E-state index contributed by atoms with van der Waals surface area (Å²) < 4.78 is 41.0. The van der Waals surface area contributed by atoms with Crippen molar-refractivity contribution in [3.8, 4) is 11.5 Å². The minimum atomic E-state index is -4.31. The van der Waals surface area contributed by atoms with Crippen molar-refractivity contribution in [1.82, 2.24) is 10.2 Å². The molecule has 1 atom stereocenters. The Kier molecular flexibility index (Phi) is 12.0. The quantitative estimate of drug-likeness (QED) is 0.167. The maximum Gasteiger partial charge on any atom is 0.264 e. The second-order valence-corrected chi connectivity index (χ2v) is 14.3. The summed E-state index contributed by atoms with van der Waals surface area (Å²) >= 11 is 0. The smallest absolute Gasteiger partial charge is 0.264 e. The monoisotopic (exact) mass is 683 g/mol. The number of sulfonamides is 1. The summed E-state index contributed by atoms with van der Waals surface area (Å²) in [5.74, 6) is -0.159. The fourth-order valence-electron chi connectivity index (χ4n) is 6.22. The number of benzene rings is 4. The van der Waals surface area contributed by atoms with Crippen LogP contribution < -0.4 is 19.1 Å². The SMILES string of the molecule is COc1ccc(OC)c(N(CC(=O)N(Cc2ccccc2)[C@@H](Cc2ccccc2)C(=O)NC2CCCCC2)S(=O)(=O)c2ccc(C)cc2)c1. The number of amides is 2. The highest BCUT2D eigenvalue weighted by atomic mass is 32.2. The summed E-state index contributed by atoms with van der Waals surface area (Å²) in [6.07, 6.45) is 5.23. The molecule has 10 heteroatoms. The average Bonchev–Trinajstić information content (AvgIpc) is 3.13. The van der Waals surface area contributed by atoms with Gasteiger partial charge in [-0.05, 0) is 55.2 Å². The van der Waals surface area contributed by atoms with Gasteiger partial charge in [0.25, 0.3) is 10.0 Å². The van der Waals surface area contributed by atoms with Crippen molar-refractivity contribution in [2.75, 3.05) is 25.1 Å². The summed E-state index contributed by atoms with van der Waals surface area (Å²) in [6, 6.07) is 29.4. The number of hydrogen-bond donors (Lipinski definition) is 1. The first-order valence-corrected chi connectivity index (χ1v) is 18.1. The second-order valence-electron chi connectivity index (χ2n) is 12.4. The first-order chi connectivity index (χ1) is 23.7. The molecule has 0 radical (unpaired) electrons. The molecule has 4 aromatic carbocycles. The van der Waals surface area contributed by atoms with E-state index in [1.165, 1.54) is 37.3 Å². The van der Waals surface area contributed by atoms with Crippen LogP contribution >= 0.6 is 0 Å². The van der Waals surface area contributed by atoms with E-state index in [4.69, 9.17) is 9.47 Å². The van der Waals surface area contributed by atoms with Crippen LogP contribution in [0.5, 0.6) is 11.5 Å². The maximum absolute atomic E-state index is 14.8. The Hall–Kier alpha value is -4.83. The van der Waals surface area contributed by atoms with Gasteiger partial charge in [0.15, 0.2) is 0 Å². The molecular weight excluding hydrogens is 639 g/mol. The summed E-state index contributed by atoms with van der Waals surface area (Å²) in [4.78, 5) is 30.6. The van der Waals surface area contributed by atoms with Crippen molar-refractivity contribution in [3.05, 3.63) is 120 Å². The van der Waals surface area contributed by atoms with Gasteiger partial charge >= 0.3 is 0 Å². The molecule has 0 spiro atoms. The predicted molar refractivity (Wildman–Crippen MR) is 191 cm³/mol. The third-order valence-electron chi connectivity index (χ3n) is 8.96. The molecule has 0 aliphatic heterocycles. The Morgan fingerprint density at radius 2 is 1.45 bits per heavy atom. The van der Waals surface area contributed by atoms with Crippen LogP contribution in [0.4, 0.5) is 5.69 Å². The number of methoxy groups -OCH3 is 2. The molecule has 258 valence electrons. The first-order valence-electron chi connectivity index (χ1n) is 16.7. The van der Waals surface area contributed by atoms with Crippen LogP contribution in [0.25, 0.3) is 0 Å². The molecule has 2 amide bonds. The number of nitrogens with one attached hydrogen (secondary N) is 1. The molecule has 1 saturated carbocycles. The Labute approximate surface area is 289 Å². The highest BCUT2D eigenvalue weighted by molar-refractivity contribution is 7.92. The first kappa shape index (κ1) is 35.5. The molecule has 0 saturated heterocycles. The van der Waals surface area contributed by atoms with Gasteiger partial charge in [0, 0.05) is 25.1 Å². The number of anilines is 1. The Balaban J connectivity index is 1.60. The molecular formula is C39H45N3O6S. The normalized spacial score (nSPS) is 14.0. The molecule has 1 N–H and O–H groups in total. The van der Waals surface area contributed by atoms with Crippen LogP contribution in [0.2, 0.25) is 0 Å². The van der Waals surface area contributed by atoms with Crippen molar-refractivity contribution >= 4 is 27.5 Å². The van der Waals surface area contributed by atoms with Crippen molar-refractivity contribution < 1.29 is 27.5 Å². The lowest BCUT2D eigenvalue weighted by Crippen LogP contribution is -2.55. The van der Waals surface area contributed by atoms with Crippen LogP contribution in [0.1, 0.15) is 48.8 Å². The highest BCUT2D eigenvalue weighted by Crippen LogP contribution is 2.36. The van der Waals surface area contributed by atoms with E-state index in [0.717, 1.165) is 53.1 Å². The zero-order chi connectivity index (χ0) is 34.8. The van der Waals surface area contributed by atoms with E-state index in [0.29, 0.717) is 5.75 Å². The predicted octanol–water partition coefficient (Wildman–Crippen LogP) is 6.30. The van der Waals surface area contributed by atoms with Crippen LogP contribution in [-0.4, -0.2) is 58.0 Å². The number of nitrogens with zero attached hydrogens (tertiary/aromatic N) is 2. The lowest BCUT2D eigenvalue weighted by Gasteiger charge is -2.35. The molecule has 49 heavy (non-hydrogen) atoms. The highest BCUT2D eigenvalue weighted by Gasteiger charge is 2.36. The molecule has 1 fully saturated rings. The standard InChI is InChI=1S/C39H45N3O6S/c1-29-19-22-34(23-20-29)49(45,46)42(35-26-33(47-2)21-24-37(35)48-3)28-38(43)41(27-31-15-9-5-10-16-31)36(25-30-13-7-4-8-14-30)39(44)40-32-17-11-6-12-18-32/h4-5,7-10,13-16,19-24,26,32,36H,6,11-12,17-18,25,27-28H2,1-3H3,(H,40,44)/t36-/m0/s1. The minimum absolute atomic E-state index is 0.0151. The van der Waals surface area contributed by atoms with E-state index < -0.39 is 28.5 Å². The van der Waals surface area contributed by atoms with Crippen molar-refractivity contribution in [3.63, 3.8) is 0 Å². The number of carbonyl (C=O) groups excluding carboxylic acids is 2. The molecule has 1 aliphatic rings. The lowest BCUT2D eigenvalue weighted by atomic mass is 9.94. The van der Waals surface area contributed by atoms with E-state index in [-0.39, 0.29) is 41.2 Å². The summed E-state index contributed by atoms with van der Waals surface area (Å²) in [6.45, 7) is 1.38. The van der Waals surface area contributed by atoms with E-state index in [2.05, 4.69) is 5.32 Å². The zero-order valence-electron chi connectivity index (χ0n) is 28.4. The van der Waals surface area contributed by atoms with E-state index in [1.807, 2.05) is 67.6 Å². The molecule has 0 bridgehead atoms. The fourth-order valence-corrected chi connectivity index (χ4v) is 7.64. The largest absolute Gasteiger partial charge is 0.497 e. The van der Waals surface area contributed by atoms with Gasteiger partial charge in [-0.2, -0.15) is 0 Å². The van der Waals surface area contributed by atoms with Crippen molar-refractivity contribution in [2.45, 2.75) is 69.0 Å². The summed E-state index contributed by atoms with van der Waals surface area (Å²) in [5, 5.41) is 3.24.